The molecule has 18 heavy (non-hydrogen) atoms. The Labute approximate surface area is 112 Å². The average molecular weight is 288 g/mol. The van der Waals surface area contributed by atoms with Gasteiger partial charge in [-0.2, -0.15) is 0 Å². The predicted octanol–water partition coefficient (Wildman–Crippen LogP) is 4.07. The van der Waals surface area contributed by atoms with Gasteiger partial charge in [0.25, 0.3) is 0 Å². The van der Waals surface area contributed by atoms with Crippen LogP contribution in [0.4, 0.5) is 5.88 Å². The van der Waals surface area contributed by atoms with E-state index in [1.165, 1.54) is 12.1 Å². The third kappa shape index (κ3) is 2.94. The molecule has 2 aromatic rings. The highest BCUT2D eigenvalue weighted by molar-refractivity contribution is 6.34. The lowest BCUT2D eigenvalue weighted by atomic mass is 10.3. The lowest BCUT2D eigenvalue weighted by Crippen LogP contribution is -1.94. The summed E-state index contributed by atoms with van der Waals surface area (Å²) in [7, 11) is 0. The molecule has 0 N–H and O–H groups in total. The van der Waals surface area contributed by atoms with Crippen molar-refractivity contribution in [3.05, 3.63) is 56.3 Å². The van der Waals surface area contributed by atoms with Gasteiger partial charge in [0, 0.05) is 11.1 Å². The first-order valence-electron chi connectivity index (χ1n) is 4.87. The Bertz CT molecular complexity index is 582. The molecular formula is C11H7Cl2NO4. The number of halogens is 2. The van der Waals surface area contributed by atoms with Crippen LogP contribution in [0, 0.1) is 10.1 Å². The fourth-order valence-electron chi connectivity index (χ4n) is 1.28. The molecule has 0 spiro atoms. The van der Waals surface area contributed by atoms with Crippen molar-refractivity contribution < 1.29 is 14.1 Å². The smallest absolute Gasteiger partial charge is 0.433 e. The van der Waals surface area contributed by atoms with Crippen LogP contribution in [0.2, 0.25) is 10.0 Å². The number of furan rings is 1. The Hall–Kier alpha value is -1.72. The summed E-state index contributed by atoms with van der Waals surface area (Å²) in [5.74, 6) is 0.395. The first-order valence-corrected chi connectivity index (χ1v) is 5.63. The summed E-state index contributed by atoms with van der Waals surface area (Å²) >= 11 is 11.7. The van der Waals surface area contributed by atoms with Crippen LogP contribution in [0.25, 0.3) is 0 Å². The summed E-state index contributed by atoms with van der Waals surface area (Å²) in [6.45, 7) is 0.0356. The van der Waals surface area contributed by atoms with E-state index in [1.54, 1.807) is 18.2 Å². The molecule has 0 unspecified atom stereocenters. The second kappa shape index (κ2) is 5.29. The lowest BCUT2D eigenvalue weighted by molar-refractivity contribution is -0.402. The molecule has 0 aliphatic heterocycles. The molecule has 2 rings (SSSR count). The normalized spacial score (nSPS) is 10.3. The van der Waals surface area contributed by atoms with Crippen LogP contribution >= 0.6 is 23.2 Å². The summed E-state index contributed by atoms with van der Waals surface area (Å²) in [5.41, 5.74) is 0. The molecule has 1 aromatic carbocycles. The molecule has 0 aliphatic rings. The van der Waals surface area contributed by atoms with E-state index >= 15 is 0 Å². The van der Waals surface area contributed by atoms with Gasteiger partial charge in [0.15, 0.2) is 0 Å². The van der Waals surface area contributed by atoms with Crippen molar-refractivity contribution in [3.8, 4) is 5.75 Å². The first kappa shape index (κ1) is 12.7. The van der Waals surface area contributed by atoms with Crippen LogP contribution in [-0.4, -0.2) is 4.92 Å². The Kier molecular flexibility index (Phi) is 3.74. The monoisotopic (exact) mass is 287 g/mol. The maximum atomic E-state index is 10.4. The van der Waals surface area contributed by atoms with Gasteiger partial charge in [-0.05, 0) is 18.2 Å². The van der Waals surface area contributed by atoms with E-state index in [9.17, 15) is 10.1 Å². The SMILES string of the molecule is O=[N+]([O-])c1ccc(COc2cc(Cl)ccc2Cl)o1. The summed E-state index contributed by atoms with van der Waals surface area (Å²) in [5, 5.41) is 11.3. The molecule has 0 bridgehead atoms. The molecule has 0 aliphatic carbocycles. The molecule has 0 atom stereocenters. The van der Waals surface area contributed by atoms with Gasteiger partial charge in [-0.3, -0.25) is 10.1 Å². The van der Waals surface area contributed by atoms with Crippen molar-refractivity contribution in [2.24, 2.45) is 0 Å². The Morgan fingerprint density at radius 2 is 2.06 bits per heavy atom. The average Bonchev–Trinajstić information content (AvgIpc) is 2.79. The zero-order chi connectivity index (χ0) is 13.1. The number of hydrogen-bond acceptors (Lipinski definition) is 4. The molecule has 1 heterocycles. The van der Waals surface area contributed by atoms with Crippen molar-refractivity contribution >= 4 is 29.1 Å². The van der Waals surface area contributed by atoms with Crippen molar-refractivity contribution in [2.75, 3.05) is 0 Å². The molecule has 0 saturated carbocycles. The predicted molar refractivity (Wildman–Crippen MR) is 66.2 cm³/mol. The minimum atomic E-state index is -0.615. The Morgan fingerprint density at radius 1 is 1.28 bits per heavy atom. The summed E-state index contributed by atoms with van der Waals surface area (Å²) in [4.78, 5) is 9.80. The molecular weight excluding hydrogens is 281 g/mol. The van der Waals surface area contributed by atoms with E-state index < -0.39 is 4.92 Å². The van der Waals surface area contributed by atoms with Crippen LogP contribution in [0.15, 0.2) is 34.7 Å². The largest absolute Gasteiger partial charge is 0.484 e. The lowest BCUT2D eigenvalue weighted by Gasteiger charge is -2.06. The van der Waals surface area contributed by atoms with Gasteiger partial charge in [-0.1, -0.05) is 23.2 Å². The zero-order valence-corrected chi connectivity index (χ0v) is 10.4. The van der Waals surface area contributed by atoms with E-state index in [0.717, 1.165) is 0 Å². The van der Waals surface area contributed by atoms with E-state index in [-0.39, 0.29) is 12.5 Å². The topological polar surface area (TPSA) is 65.5 Å². The molecule has 1 aromatic heterocycles. The van der Waals surface area contributed by atoms with Crippen molar-refractivity contribution in [2.45, 2.75) is 6.61 Å². The molecule has 94 valence electrons. The number of nitro groups is 1. The first-order chi connectivity index (χ1) is 8.56. The molecule has 7 heteroatoms. The molecule has 5 nitrogen and oxygen atoms in total. The second-order valence-electron chi connectivity index (χ2n) is 3.36. The van der Waals surface area contributed by atoms with Gasteiger partial charge in [0.2, 0.25) is 0 Å². The fraction of sp³-hybridized carbons (Fsp3) is 0.0909. The number of benzene rings is 1. The highest BCUT2D eigenvalue weighted by Crippen LogP contribution is 2.28. The summed E-state index contributed by atoms with van der Waals surface area (Å²) < 4.78 is 10.3. The van der Waals surface area contributed by atoms with E-state index in [4.69, 9.17) is 32.4 Å². The maximum absolute atomic E-state index is 10.4. The molecule has 0 amide bonds. The quantitative estimate of drug-likeness (QED) is 0.628. The summed E-state index contributed by atoms with van der Waals surface area (Å²) in [6, 6.07) is 7.52. The number of rotatable bonds is 4. The number of nitrogens with zero attached hydrogens (tertiary/aromatic N) is 1. The van der Waals surface area contributed by atoms with Crippen LogP contribution in [-0.2, 0) is 6.61 Å². The van der Waals surface area contributed by atoms with E-state index in [2.05, 4.69) is 0 Å². The molecule has 0 radical (unpaired) electrons. The van der Waals surface area contributed by atoms with Crippen molar-refractivity contribution in [1.29, 1.82) is 0 Å². The number of hydrogen-bond donors (Lipinski definition) is 0. The van der Waals surface area contributed by atoms with Crippen LogP contribution in [0.3, 0.4) is 0 Å². The van der Waals surface area contributed by atoms with Gasteiger partial charge >= 0.3 is 5.88 Å². The van der Waals surface area contributed by atoms with Crippen LogP contribution in [0.1, 0.15) is 5.76 Å². The van der Waals surface area contributed by atoms with E-state index in [1.807, 2.05) is 0 Å². The molecule has 0 saturated heterocycles. The van der Waals surface area contributed by atoms with Crippen molar-refractivity contribution in [1.82, 2.24) is 0 Å². The minimum Gasteiger partial charge on any atom is -0.484 e. The van der Waals surface area contributed by atoms with Crippen LogP contribution in [0.5, 0.6) is 5.75 Å². The van der Waals surface area contributed by atoms with Gasteiger partial charge in [-0.15, -0.1) is 0 Å². The van der Waals surface area contributed by atoms with Gasteiger partial charge in [0.05, 0.1) is 11.1 Å². The zero-order valence-electron chi connectivity index (χ0n) is 8.93. The Balaban J connectivity index is 2.06. The standard InChI is InChI=1S/C11H7Cl2NO4/c12-7-1-3-9(13)10(5-7)17-6-8-2-4-11(18-8)14(15)16/h1-5H,6H2. The highest BCUT2D eigenvalue weighted by atomic mass is 35.5. The third-order valence-electron chi connectivity index (χ3n) is 2.09. The number of ether oxygens (including phenoxy) is 1. The van der Waals surface area contributed by atoms with Crippen molar-refractivity contribution in [3.63, 3.8) is 0 Å². The maximum Gasteiger partial charge on any atom is 0.433 e. The summed E-state index contributed by atoms with van der Waals surface area (Å²) in [6.07, 6.45) is 0. The third-order valence-corrected chi connectivity index (χ3v) is 2.64. The highest BCUT2D eigenvalue weighted by Gasteiger charge is 2.12. The minimum absolute atomic E-state index is 0.0356. The van der Waals surface area contributed by atoms with Gasteiger partial charge in [0.1, 0.15) is 23.0 Å². The van der Waals surface area contributed by atoms with E-state index in [0.29, 0.717) is 21.6 Å². The van der Waals surface area contributed by atoms with Gasteiger partial charge < -0.3 is 9.15 Å². The second-order valence-corrected chi connectivity index (χ2v) is 4.20. The van der Waals surface area contributed by atoms with Crippen LogP contribution < -0.4 is 4.74 Å². The molecule has 0 fully saturated rings. The van der Waals surface area contributed by atoms with Gasteiger partial charge in [-0.25, -0.2) is 0 Å². The fourth-order valence-corrected chi connectivity index (χ4v) is 1.61. The Morgan fingerprint density at radius 3 is 2.72 bits per heavy atom.